The largest absolute Gasteiger partial charge is 0.384 e. The molecule has 1 saturated carbocycles. The van der Waals surface area contributed by atoms with Crippen molar-refractivity contribution in [2.45, 2.75) is 45.7 Å². The molecule has 1 aliphatic carbocycles. The minimum absolute atomic E-state index is 0.176. The normalized spacial score (nSPS) is 15.2. The molecule has 3 heteroatoms. The minimum atomic E-state index is 0.176. The van der Waals surface area contributed by atoms with Gasteiger partial charge in [0.2, 0.25) is 0 Å². The topological polar surface area (TPSA) is 53.1 Å². The van der Waals surface area contributed by atoms with Gasteiger partial charge in [0.15, 0.2) is 0 Å². The van der Waals surface area contributed by atoms with Gasteiger partial charge in [-0.2, -0.15) is 0 Å². The predicted molar refractivity (Wildman–Crippen MR) is 80.3 cm³/mol. The molecule has 0 aromatic heterocycles. The molecular formula is C16H25N3. The maximum atomic E-state index is 7.67. The van der Waals surface area contributed by atoms with Gasteiger partial charge in [-0.15, -0.1) is 0 Å². The Bertz CT molecular complexity index is 435. The number of hydrogen-bond acceptors (Lipinski definition) is 2. The summed E-state index contributed by atoms with van der Waals surface area (Å²) in [6, 6.07) is 8.79. The van der Waals surface area contributed by atoms with E-state index in [1.54, 1.807) is 0 Å². The van der Waals surface area contributed by atoms with E-state index < -0.39 is 0 Å². The van der Waals surface area contributed by atoms with Gasteiger partial charge in [-0.1, -0.05) is 38.1 Å². The number of rotatable bonds is 7. The number of amidine groups is 1. The summed E-state index contributed by atoms with van der Waals surface area (Å²) >= 11 is 0. The first-order valence-corrected chi connectivity index (χ1v) is 7.24. The van der Waals surface area contributed by atoms with Gasteiger partial charge in [-0.25, -0.2) is 0 Å². The fraction of sp³-hybridized carbons (Fsp3) is 0.562. The van der Waals surface area contributed by atoms with E-state index in [-0.39, 0.29) is 5.84 Å². The lowest BCUT2D eigenvalue weighted by Gasteiger charge is -2.24. The van der Waals surface area contributed by atoms with Crippen LogP contribution in [0, 0.1) is 11.3 Å². The standard InChI is InChI=1S/C16H25N3/c1-12(2)9-10-19(14-7-8-14)11-13-5-3-4-6-15(13)16(17)18/h3-6,12,14H,7-11H2,1-2H3,(H3,17,18). The average Bonchev–Trinajstić information content (AvgIpc) is 3.18. The lowest BCUT2D eigenvalue weighted by molar-refractivity contribution is 0.239. The number of nitrogens with zero attached hydrogens (tertiary/aromatic N) is 1. The zero-order valence-corrected chi connectivity index (χ0v) is 12.0. The molecule has 3 N–H and O–H groups in total. The van der Waals surface area contributed by atoms with Crippen LogP contribution >= 0.6 is 0 Å². The highest BCUT2D eigenvalue weighted by atomic mass is 15.2. The molecule has 1 aromatic rings. The number of benzene rings is 1. The summed E-state index contributed by atoms with van der Waals surface area (Å²) in [5, 5.41) is 7.67. The van der Waals surface area contributed by atoms with E-state index in [2.05, 4.69) is 24.8 Å². The molecule has 1 aromatic carbocycles. The molecule has 19 heavy (non-hydrogen) atoms. The molecular weight excluding hydrogens is 234 g/mol. The molecule has 1 aliphatic rings. The van der Waals surface area contributed by atoms with Crippen LogP contribution in [-0.2, 0) is 6.54 Å². The summed E-state index contributed by atoms with van der Waals surface area (Å²) in [7, 11) is 0. The summed E-state index contributed by atoms with van der Waals surface area (Å²) in [5.74, 6) is 0.916. The number of hydrogen-bond donors (Lipinski definition) is 2. The molecule has 0 aliphatic heterocycles. The van der Waals surface area contributed by atoms with Gasteiger partial charge >= 0.3 is 0 Å². The second-order valence-corrected chi connectivity index (χ2v) is 5.95. The van der Waals surface area contributed by atoms with E-state index in [1.165, 1.54) is 24.8 Å². The maximum Gasteiger partial charge on any atom is 0.123 e. The first kappa shape index (κ1) is 14.1. The van der Waals surface area contributed by atoms with Crippen LogP contribution in [-0.4, -0.2) is 23.3 Å². The molecule has 0 bridgehead atoms. The first-order chi connectivity index (χ1) is 9.08. The molecule has 104 valence electrons. The van der Waals surface area contributed by atoms with Gasteiger partial charge in [0.25, 0.3) is 0 Å². The highest BCUT2D eigenvalue weighted by Crippen LogP contribution is 2.29. The van der Waals surface area contributed by atoms with Crippen molar-refractivity contribution < 1.29 is 0 Å². The molecule has 0 unspecified atom stereocenters. The van der Waals surface area contributed by atoms with Gasteiger partial charge in [-0.05, 0) is 37.3 Å². The highest BCUT2D eigenvalue weighted by Gasteiger charge is 2.29. The third-order valence-electron chi connectivity index (χ3n) is 3.74. The SMILES string of the molecule is CC(C)CCN(Cc1ccccc1C(=N)N)C1CC1. The van der Waals surface area contributed by atoms with Crippen LogP contribution in [0.5, 0.6) is 0 Å². The van der Waals surface area contributed by atoms with E-state index >= 15 is 0 Å². The summed E-state index contributed by atoms with van der Waals surface area (Å²) < 4.78 is 0. The van der Waals surface area contributed by atoms with Crippen LogP contribution in [0.25, 0.3) is 0 Å². The Balaban J connectivity index is 2.06. The summed E-state index contributed by atoms with van der Waals surface area (Å²) in [5.41, 5.74) is 7.74. The number of nitrogen functional groups attached to an aromatic ring is 1. The Labute approximate surface area is 116 Å². The van der Waals surface area contributed by atoms with Crippen molar-refractivity contribution in [2.24, 2.45) is 11.7 Å². The minimum Gasteiger partial charge on any atom is -0.384 e. The van der Waals surface area contributed by atoms with Crippen LogP contribution < -0.4 is 5.73 Å². The van der Waals surface area contributed by atoms with Gasteiger partial charge in [-0.3, -0.25) is 10.3 Å². The molecule has 3 nitrogen and oxygen atoms in total. The fourth-order valence-electron chi connectivity index (χ4n) is 2.39. The van der Waals surface area contributed by atoms with Crippen LogP contribution in [0.3, 0.4) is 0 Å². The van der Waals surface area contributed by atoms with Crippen LogP contribution in [0.1, 0.15) is 44.2 Å². The summed E-state index contributed by atoms with van der Waals surface area (Å²) in [6.07, 6.45) is 3.87. The monoisotopic (exact) mass is 259 g/mol. The molecule has 2 rings (SSSR count). The highest BCUT2D eigenvalue weighted by molar-refractivity contribution is 5.96. The van der Waals surface area contributed by atoms with Gasteiger partial charge in [0.1, 0.15) is 5.84 Å². The van der Waals surface area contributed by atoms with Crippen LogP contribution in [0.15, 0.2) is 24.3 Å². The zero-order chi connectivity index (χ0) is 13.8. The molecule has 0 radical (unpaired) electrons. The van der Waals surface area contributed by atoms with Crippen LogP contribution in [0.2, 0.25) is 0 Å². The molecule has 0 heterocycles. The summed E-state index contributed by atoms with van der Waals surface area (Å²) in [6.45, 7) is 6.62. The average molecular weight is 259 g/mol. The molecule has 1 fully saturated rings. The number of nitrogens with one attached hydrogen (secondary N) is 1. The van der Waals surface area contributed by atoms with Crippen molar-refractivity contribution in [3.8, 4) is 0 Å². The molecule has 0 spiro atoms. The molecule has 0 saturated heterocycles. The Morgan fingerprint density at radius 3 is 2.63 bits per heavy atom. The maximum absolute atomic E-state index is 7.67. The van der Waals surface area contributed by atoms with Crippen molar-refractivity contribution in [1.29, 1.82) is 5.41 Å². The van der Waals surface area contributed by atoms with Crippen LogP contribution in [0.4, 0.5) is 0 Å². The van der Waals surface area contributed by atoms with Gasteiger partial charge in [0.05, 0.1) is 0 Å². The van der Waals surface area contributed by atoms with Crippen molar-refractivity contribution in [3.05, 3.63) is 35.4 Å². The molecule has 0 amide bonds. The second-order valence-electron chi connectivity index (χ2n) is 5.95. The Hall–Kier alpha value is -1.35. The second kappa shape index (κ2) is 6.20. The van der Waals surface area contributed by atoms with Crippen molar-refractivity contribution in [3.63, 3.8) is 0 Å². The lowest BCUT2D eigenvalue weighted by atomic mass is 10.1. The fourth-order valence-corrected chi connectivity index (χ4v) is 2.39. The lowest BCUT2D eigenvalue weighted by Crippen LogP contribution is -2.29. The van der Waals surface area contributed by atoms with E-state index in [1.807, 2.05) is 18.2 Å². The van der Waals surface area contributed by atoms with Gasteiger partial charge in [0, 0.05) is 18.2 Å². The third kappa shape index (κ3) is 4.06. The Morgan fingerprint density at radius 2 is 2.05 bits per heavy atom. The molecule has 0 atom stereocenters. The Morgan fingerprint density at radius 1 is 1.37 bits per heavy atom. The Kier molecular flexibility index (Phi) is 4.59. The van der Waals surface area contributed by atoms with Gasteiger partial charge < -0.3 is 5.73 Å². The number of nitrogens with two attached hydrogens (primary N) is 1. The first-order valence-electron chi connectivity index (χ1n) is 7.24. The van der Waals surface area contributed by atoms with Crippen molar-refractivity contribution in [2.75, 3.05) is 6.54 Å². The quantitative estimate of drug-likeness (QED) is 0.584. The zero-order valence-electron chi connectivity index (χ0n) is 12.0. The van der Waals surface area contributed by atoms with E-state index in [0.717, 1.165) is 30.6 Å². The third-order valence-corrected chi connectivity index (χ3v) is 3.74. The predicted octanol–water partition coefficient (Wildman–Crippen LogP) is 2.98. The van der Waals surface area contributed by atoms with E-state index in [9.17, 15) is 0 Å². The van der Waals surface area contributed by atoms with E-state index in [4.69, 9.17) is 11.1 Å². The van der Waals surface area contributed by atoms with E-state index in [0.29, 0.717) is 0 Å². The van der Waals surface area contributed by atoms with Crippen molar-refractivity contribution >= 4 is 5.84 Å². The summed E-state index contributed by atoms with van der Waals surface area (Å²) in [4.78, 5) is 2.56. The van der Waals surface area contributed by atoms with Crippen molar-refractivity contribution in [1.82, 2.24) is 4.90 Å². The smallest absolute Gasteiger partial charge is 0.123 e.